The first-order valence-corrected chi connectivity index (χ1v) is 13.4. The van der Waals surface area contributed by atoms with E-state index in [1.54, 1.807) is 19.1 Å². The highest BCUT2D eigenvalue weighted by Gasteiger charge is 2.24. The first-order chi connectivity index (χ1) is 18.5. The summed E-state index contributed by atoms with van der Waals surface area (Å²) in [5.74, 6) is 1.41. The van der Waals surface area contributed by atoms with Crippen LogP contribution in [-0.2, 0) is 4.79 Å². The lowest BCUT2D eigenvalue weighted by Gasteiger charge is -2.23. The van der Waals surface area contributed by atoms with Crippen molar-refractivity contribution >= 4 is 29.4 Å². The third kappa shape index (κ3) is 6.07. The molecule has 0 spiro atoms. The summed E-state index contributed by atoms with van der Waals surface area (Å²) in [6.07, 6.45) is 5.80. The van der Waals surface area contributed by atoms with Gasteiger partial charge < -0.3 is 25.0 Å². The van der Waals surface area contributed by atoms with Crippen molar-refractivity contribution in [3.63, 3.8) is 0 Å². The Kier molecular flexibility index (Phi) is 9.18. The summed E-state index contributed by atoms with van der Waals surface area (Å²) in [6, 6.07) is 11.6. The average molecular weight is 519 g/mol. The molecular weight excluding hydrogens is 480 g/mol. The molecule has 2 N–H and O–H groups in total. The number of carbonyl (C=O) groups is 2. The molecule has 2 aliphatic heterocycles. The second kappa shape index (κ2) is 12.7. The molecule has 38 heavy (non-hydrogen) atoms. The number of aliphatic hydroxyl groups is 1. The number of hydrogen-bond acceptors (Lipinski definition) is 5. The van der Waals surface area contributed by atoms with Gasteiger partial charge in [-0.1, -0.05) is 19.1 Å². The van der Waals surface area contributed by atoms with Gasteiger partial charge in [0.2, 0.25) is 5.91 Å². The number of methoxy groups -OCH3 is 1. The number of nitrogens with zero attached hydrogens (tertiary/aromatic N) is 3. The van der Waals surface area contributed by atoms with Crippen LogP contribution >= 0.6 is 0 Å². The number of carbonyl (C=O) groups excluding carboxylic acids is 2. The quantitative estimate of drug-likeness (QED) is 0.512. The van der Waals surface area contributed by atoms with Gasteiger partial charge in [0.15, 0.2) is 0 Å². The Hall–Kier alpha value is -3.65. The van der Waals surface area contributed by atoms with Crippen LogP contribution in [-0.4, -0.2) is 79.5 Å². The number of nitrogens with one attached hydrogen (secondary N) is 1. The molecule has 2 amide bonds. The molecule has 1 fully saturated rings. The second-order valence-electron chi connectivity index (χ2n) is 9.73. The Morgan fingerprint density at radius 2 is 1.87 bits per heavy atom. The number of anilines is 1. The molecule has 2 aromatic rings. The number of hydrogen-bond donors (Lipinski definition) is 2. The van der Waals surface area contributed by atoms with Crippen LogP contribution in [0.4, 0.5) is 5.69 Å². The minimum Gasteiger partial charge on any atom is -0.496 e. The number of fused-ring (bicyclic) bond motifs is 1. The molecule has 2 heterocycles. The Morgan fingerprint density at radius 3 is 2.50 bits per heavy atom. The summed E-state index contributed by atoms with van der Waals surface area (Å²) >= 11 is 0. The Labute approximate surface area is 225 Å². The standard InChI is InChI=1S/C30H38N4O4/c1-4-12-33(15-7-16-35)30(37)24-17-23-18-27(38-3)25(20-26(23)32-28(19-24)31-2)21-8-10-22(11-9-21)29(36)34-13-5-6-14-34/h8-11,17-18,20,35H,4-7,12-16,19H2,1-3H3,(H,31,32). The molecule has 0 bridgehead atoms. The van der Waals surface area contributed by atoms with Crippen LogP contribution in [0.3, 0.4) is 0 Å². The zero-order valence-electron chi connectivity index (χ0n) is 22.6. The van der Waals surface area contributed by atoms with Gasteiger partial charge in [-0.05, 0) is 61.6 Å². The van der Waals surface area contributed by atoms with Crippen molar-refractivity contribution in [1.29, 1.82) is 0 Å². The van der Waals surface area contributed by atoms with E-state index in [-0.39, 0.29) is 18.4 Å². The fraction of sp³-hybridized carbons (Fsp3) is 0.433. The van der Waals surface area contributed by atoms with Crippen LogP contribution in [0.5, 0.6) is 5.75 Å². The van der Waals surface area contributed by atoms with Crippen molar-refractivity contribution in [3.8, 4) is 16.9 Å². The highest BCUT2D eigenvalue weighted by molar-refractivity contribution is 6.10. The van der Waals surface area contributed by atoms with E-state index in [0.29, 0.717) is 48.7 Å². The Morgan fingerprint density at radius 1 is 1.13 bits per heavy atom. The van der Waals surface area contributed by atoms with E-state index in [0.717, 1.165) is 54.7 Å². The smallest absolute Gasteiger partial charge is 0.253 e. The highest BCUT2D eigenvalue weighted by atomic mass is 16.5. The summed E-state index contributed by atoms with van der Waals surface area (Å²) in [4.78, 5) is 34.4. The van der Waals surface area contributed by atoms with Crippen LogP contribution in [0, 0.1) is 0 Å². The number of aliphatic imine (C=N–C) groups is 1. The molecule has 1 saturated heterocycles. The predicted octanol–water partition coefficient (Wildman–Crippen LogP) is 4.45. The van der Waals surface area contributed by atoms with Crippen LogP contribution < -0.4 is 10.1 Å². The van der Waals surface area contributed by atoms with E-state index >= 15 is 0 Å². The number of ether oxygens (including phenoxy) is 1. The van der Waals surface area contributed by atoms with Crippen molar-refractivity contribution in [2.45, 2.75) is 39.0 Å². The van der Waals surface area contributed by atoms with E-state index in [4.69, 9.17) is 4.74 Å². The minimum atomic E-state index is -0.0441. The number of benzene rings is 2. The van der Waals surface area contributed by atoms with Gasteiger partial charge in [0.25, 0.3) is 5.91 Å². The monoisotopic (exact) mass is 518 g/mol. The molecule has 4 rings (SSSR count). The number of amides is 2. The lowest BCUT2D eigenvalue weighted by Crippen LogP contribution is -2.34. The fourth-order valence-corrected chi connectivity index (χ4v) is 5.05. The van der Waals surface area contributed by atoms with Crippen LogP contribution in [0.15, 0.2) is 47.0 Å². The molecule has 8 heteroatoms. The summed E-state index contributed by atoms with van der Waals surface area (Å²) in [6.45, 7) is 4.87. The van der Waals surface area contributed by atoms with Crippen LogP contribution in [0.1, 0.15) is 54.9 Å². The molecule has 0 unspecified atom stereocenters. The maximum Gasteiger partial charge on any atom is 0.253 e. The third-order valence-corrected chi connectivity index (χ3v) is 7.09. The van der Waals surface area contributed by atoms with Gasteiger partial charge in [0.05, 0.1) is 7.11 Å². The molecule has 0 aromatic heterocycles. The number of amidine groups is 1. The Bertz CT molecular complexity index is 1210. The topological polar surface area (TPSA) is 94.5 Å². The third-order valence-electron chi connectivity index (χ3n) is 7.09. The van der Waals surface area contributed by atoms with E-state index in [9.17, 15) is 14.7 Å². The van der Waals surface area contributed by atoms with Crippen LogP contribution in [0.2, 0.25) is 0 Å². The molecule has 0 atom stereocenters. The van der Waals surface area contributed by atoms with E-state index in [2.05, 4.69) is 10.3 Å². The van der Waals surface area contributed by atoms with E-state index in [1.807, 2.05) is 54.3 Å². The molecule has 0 aliphatic carbocycles. The first kappa shape index (κ1) is 27.4. The van der Waals surface area contributed by atoms with Crippen molar-refractivity contribution < 1.29 is 19.4 Å². The van der Waals surface area contributed by atoms with Gasteiger partial charge in [0, 0.05) is 74.2 Å². The van der Waals surface area contributed by atoms with Gasteiger partial charge in [0.1, 0.15) is 11.6 Å². The van der Waals surface area contributed by atoms with Crippen molar-refractivity contribution in [3.05, 3.63) is 53.1 Å². The minimum absolute atomic E-state index is 0.0441. The van der Waals surface area contributed by atoms with Gasteiger partial charge in [-0.15, -0.1) is 0 Å². The van der Waals surface area contributed by atoms with Crippen molar-refractivity contribution in [2.75, 3.05) is 52.3 Å². The zero-order valence-corrected chi connectivity index (χ0v) is 22.6. The normalized spacial score (nSPS) is 15.9. The molecular formula is C30H38N4O4. The van der Waals surface area contributed by atoms with Crippen LogP contribution in [0.25, 0.3) is 17.2 Å². The number of likely N-dealkylation sites (tertiary alicyclic amines) is 1. The average Bonchev–Trinajstić information content (AvgIpc) is 3.42. The molecule has 8 nitrogen and oxygen atoms in total. The Balaban J connectivity index is 1.68. The predicted molar refractivity (Wildman–Crippen MR) is 152 cm³/mol. The highest BCUT2D eigenvalue weighted by Crippen LogP contribution is 2.38. The summed E-state index contributed by atoms with van der Waals surface area (Å²) < 4.78 is 5.77. The van der Waals surface area contributed by atoms with E-state index in [1.165, 1.54) is 0 Å². The molecule has 2 aromatic carbocycles. The lowest BCUT2D eigenvalue weighted by molar-refractivity contribution is -0.127. The molecule has 0 saturated carbocycles. The number of aliphatic hydroxyl groups excluding tert-OH is 1. The summed E-state index contributed by atoms with van der Waals surface area (Å²) in [5.41, 5.74) is 4.82. The van der Waals surface area contributed by atoms with E-state index < -0.39 is 0 Å². The lowest BCUT2D eigenvalue weighted by atomic mass is 9.98. The molecule has 202 valence electrons. The maximum absolute atomic E-state index is 13.5. The largest absolute Gasteiger partial charge is 0.496 e. The second-order valence-corrected chi connectivity index (χ2v) is 9.73. The molecule has 0 radical (unpaired) electrons. The van der Waals surface area contributed by atoms with Gasteiger partial charge >= 0.3 is 0 Å². The number of rotatable bonds is 9. The van der Waals surface area contributed by atoms with Gasteiger partial charge in [-0.25, -0.2) is 0 Å². The summed E-state index contributed by atoms with van der Waals surface area (Å²) in [5, 5.41) is 12.7. The van der Waals surface area contributed by atoms with Crippen molar-refractivity contribution in [2.24, 2.45) is 4.99 Å². The van der Waals surface area contributed by atoms with Gasteiger partial charge in [-0.2, -0.15) is 0 Å². The first-order valence-electron chi connectivity index (χ1n) is 13.4. The fourth-order valence-electron chi connectivity index (χ4n) is 5.05. The summed E-state index contributed by atoms with van der Waals surface area (Å²) in [7, 11) is 3.35. The van der Waals surface area contributed by atoms with Gasteiger partial charge in [-0.3, -0.25) is 14.6 Å². The zero-order chi connectivity index (χ0) is 27.1. The SMILES string of the molecule is CCCN(CCCO)C(=O)C1=Cc2cc(OC)c(-c3ccc(C(=O)N4CCCC4)cc3)cc2NC(=NC)C1. The maximum atomic E-state index is 13.5. The molecule has 2 aliphatic rings. The van der Waals surface area contributed by atoms with Crippen molar-refractivity contribution in [1.82, 2.24) is 9.80 Å².